The third kappa shape index (κ3) is 8.58. The molecule has 0 aliphatic heterocycles. The quantitative estimate of drug-likeness (QED) is 0.147. The lowest BCUT2D eigenvalue weighted by Crippen LogP contribution is -2.47. The van der Waals surface area contributed by atoms with Gasteiger partial charge in [0.1, 0.15) is 18.4 Å². The van der Waals surface area contributed by atoms with Crippen LogP contribution in [0.1, 0.15) is 42.5 Å². The normalized spacial score (nSPS) is 11.9. The summed E-state index contributed by atoms with van der Waals surface area (Å²) in [5, 5.41) is 9.21. The van der Waals surface area contributed by atoms with Gasteiger partial charge in [0, 0.05) is 0 Å². The van der Waals surface area contributed by atoms with Crippen molar-refractivity contribution in [3.8, 4) is 17.2 Å². The van der Waals surface area contributed by atoms with Crippen molar-refractivity contribution in [2.24, 2.45) is 11.0 Å². The van der Waals surface area contributed by atoms with Gasteiger partial charge in [0.2, 0.25) is 0 Å². The highest BCUT2D eigenvalue weighted by Gasteiger charge is 2.22. The summed E-state index contributed by atoms with van der Waals surface area (Å²) in [7, 11) is 1.58. The van der Waals surface area contributed by atoms with Crippen molar-refractivity contribution in [2.45, 2.75) is 46.8 Å². The Kier molecular flexibility index (Phi) is 10.7. The summed E-state index contributed by atoms with van der Waals surface area (Å²) < 4.78 is 17.4. The predicted octanol–water partition coefficient (Wildman–Crippen LogP) is 6.10. The minimum Gasteiger partial charge on any atom is -0.493 e. The third-order valence-corrected chi connectivity index (χ3v) is 6.95. The summed E-state index contributed by atoms with van der Waals surface area (Å²) in [5.74, 6) is 1.20. The van der Waals surface area contributed by atoms with Crippen molar-refractivity contribution >= 4 is 28.8 Å². The van der Waals surface area contributed by atoms with Gasteiger partial charge in [-0.15, -0.1) is 0 Å². The molecule has 0 heterocycles. The molecule has 0 aromatic heterocycles. The number of amides is 2. The van der Waals surface area contributed by atoms with Gasteiger partial charge < -0.3 is 19.5 Å². The zero-order valence-corrected chi connectivity index (χ0v) is 25.3. The van der Waals surface area contributed by atoms with Crippen molar-refractivity contribution in [1.29, 1.82) is 0 Å². The second-order valence-electron chi connectivity index (χ2n) is 10.8. The Labute approximate surface area is 253 Å². The van der Waals surface area contributed by atoms with Gasteiger partial charge >= 0.3 is 0 Å². The van der Waals surface area contributed by atoms with E-state index in [-0.39, 0.29) is 18.4 Å². The predicted molar refractivity (Wildman–Crippen MR) is 170 cm³/mol. The first-order chi connectivity index (χ1) is 20.7. The molecule has 0 bridgehead atoms. The molecule has 2 amide bonds. The van der Waals surface area contributed by atoms with Crippen LogP contribution < -0.4 is 25.0 Å². The summed E-state index contributed by atoms with van der Waals surface area (Å²) >= 11 is 0. The minimum atomic E-state index is -0.759. The zero-order valence-electron chi connectivity index (χ0n) is 25.3. The molecule has 0 unspecified atom stereocenters. The van der Waals surface area contributed by atoms with Crippen LogP contribution in [0.2, 0.25) is 0 Å². The van der Waals surface area contributed by atoms with Crippen molar-refractivity contribution in [3.05, 3.63) is 101 Å². The highest BCUT2D eigenvalue weighted by atomic mass is 16.5. The molecule has 4 rings (SSSR count). The number of hydrazone groups is 1. The fourth-order valence-electron chi connectivity index (χ4n) is 4.81. The number of hydrogen-bond acceptors (Lipinski definition) is 6. The fourth-order valence-corrected chi connectivity index (χ4v) is 4.81. The number of carbonyl (C=O) groups excluding carboxylic acids is 2. The maximum Gasteiger partial charge on any atom is 0.262 e. The minimum absolute atomic E-state index is 0.172. The van der Waals surface area contributed by atoms with E-state index in [0.29, 0.717) is 35.8 Å². The molecule has 0 spiro atoms. The molecule has 4 aromatic carbocycles. The number of rotatable bonds is 13. The van der Waals surface area contributed by atoms with E-state index < -0.39 is 11.9 Å². The molecule has 224 valence electrons. The fraction of sp³-hybridized carbons (Fsp3) is 0.286. The molecule has 0 fully saturated rings. The van der Waals surface area contributed by atoms with Crippen LogP contribution in [0, 0.1) is 19.8 Å². The molecule has 0 radical (unpaired) electrons. The molecule has 1 atom stereocenters. The van der Waals surface area contributed by atoms with Crippen LogP contribution >= 0.6 is 0 Å². The smallest absolute Gasteiger partial charge is 0.262 e. The van der Waals surface area contributed by atoms with Gasteiger partial charge in [-0.2, -0.15) is 5.10 Å². The Morgan fingerprint density at radius 1 is 0.884 bits per heavy atom. The topological polar surface area (TPSA) is 98.2 Å². The summed E-state index contributed by atoms with van der Waals surface area (Å²) in [6, 6.07) is 24.8. The summed E-state index contributed by atoms with van der Waals surface area (Å²) in [4.78, 5) is 25.6. The van der Waals surface area contributed by atoms with Crippen LogP contribution in [0.4, 0.5) is 0 Å². The third-order valence-electron chi connectivity index (χ3n) is 6.95. The van der Waals surface area contributed by atoms with Crippen LogP contribution in [-0.4, -0.2) is 37.8 Å². The standard InChI is InChI=1S/C35H39N3O5/c1-23(2)18-30(37-33(39)22-43-34-24(3)10-8-11-25(34)4)35(40)38-36-20-26-16-17-31(32(19-26)41-5)42-21-28-14-9-13-27-12-6-7-15-29(27)28/h6-17,19-20,23,30H,18,21-22H2,1-5H3,(H,37,39)(H,38,40)/b36-20-/t30-/m0/s1. The average Bonchev–Trinajstić information content (AvgIpc) is 2.99. The van der Waals surface area contributed by atoms with Gasteiger partial charge in [-0.3, -0.25) is 9.59 Å². The number of ether oxygens (including phenoxy) is 3. The zero-order chi connectivity index (χ0) is 30.8. The Morgan fingerprint density at radius 3 is 2.35 bits per heavy atom. The lowest BCUT2D eigenvalue weighted by Gasteiger charge is -2.19. The average molecular weight is 582 g/mol. The number of fused-ring (bicyclic) bond motifs is 1. The van der Waals surface area contributed by atoms with Gasteiger partial charge in [-0.1, -0.05) is 74.5 Å². The van der Waals surface area contributed by atoms with Crippen molar-refractivity contribution < 1.29 is 23.8 Å². The first kappa shape index (κ1) is 31.1. The molecule has 8 heteroatoms. The summed E-state index contributed by atoms with van der Waals surface area (Å²) in [5.41, 5.74) is 6.23. The van der Waals surface area contributed by atoms with E-state index in [4.69, 9.17) is 14.2 Å². The summed E-state index contributed by atoms with van der Waals surface area (Å²) in [6.45, 7) is 8.02. The Hall–Kier alpha value is -4.85. The molecule has 0 saturated heterocycles. The highest BCUT2D eigenvalue weighted by Crippen LogP contribution is 2.29. The molecular formula is C35H39N3O5. The lowest BCUT2D eigenvalue weighted by atomic mass is 10.0. The van der Waals surface area contributed by atoms with Crippen LogP contribution in [0.25, 0.3) is 10.8 Å². The van der Waals surface area contributed by atoms with Crippen LogP contribution in [-0.2, 0) is 16.2 Å². The molecule has 8 nitrogen and oxygen atoms in total. The van der Waals surface area contributed by atoms with E-state index in [2.05, 4.69) is 34.0 Å². The van der Waals surface area contributed by atoms with Crippen molar-refractivity contribution in [3.63, 3.8) is 0 Å². The molecule has 0 aliphatic rings. The van der Waals surface area contributed by atoms with E-state index in [0.717, 1.165) is 27.5 Å². The number of benzene rings is 4. The van der Waals surface area contributed by atoms with Crippen LogP contribution in [0.3, 0.4) is 0 Å². The van der Waals surface area contributed by atoms with Gasteiger partial charge in [0.05, 0.1) is 13.3 Å². The Bertz CT molecular complexity index is 1570. The van der Waals surface area contributed by atoms with E-state index in [1.807, 2.05) is 82.3 Å². The number of para-hydroxylation sites is 1. The van der Waals surface area contributed by atoms with E-state index in [9.17, 15) is 9.59 Å². The Morgan fingerprint density at radius 2 is 1.60 bits per heavy atom. The maximum atomic E-state index is 13.0. The first-order valence-electron chi connectivity index (χ1n) is 14.3. The second kappa shape index (κ2) is 14.9. The summed E-state index contributed by atoms with van der Waals surface area (Å²) in [6.07, 6.45) is 1.97. The number of carbonyl (C=O) groups is 2. The SMILES string of the molecule is COc1cc(/C=N\NC(=O)[C@H](CC(C)C)NC(=O)COc2c(C)cccc2C)ccc1OCc1cccc2ccccc12. The Balaban J connectivity index is 1.35. The maximum absolute atomic E-state index is 13.0. The van der Waals surface area contributed by atoms with Gasteiger partial charge in [-0.25, -0.2) is 5.43 Å². The van der Waals surface area contributed by atoms with Crippen molar-refractivity contribution in [1.82, 2.24) is 10.7 Å². The number of nitrogens with zero attached hydrogens (tertiary/aromatic N) is 1. The number of methoxy groups -OCH3 is 1. The molecule has 0 aliphatic carbocycles. The van der Waals surface area contributed by atoms with Crippen LogP contribution in [0.15, 0.2) is 84.0 Å². The van der Waals surface area contributed by atoms with Gasteiger partial charge in [0.25, 0.3) is 11.8 Å². The number of hydrogen-bond donors (Lipinski definition) is 2. The highest BCUT2D eigenvalue weighted by molar-refractivity contribution is 5.89. The second-order valence-corrected chi connectivity index (χ2v) is 10.8. The molecular weight excluding hydrogens is 542 g/mol. The van der Waals surface area contributed by atoms with E-state index in [1.165, 1.54) is 6.21 Å². The molecule has 0 saturated carbocycles. The monoisotopic (exact) mass is 581 g/mol. The van der Waals surface area contributed by atoms with E-state index >= 15 is 0 Å². The molecule has 4 aromatic rings. The van der Waals surface area contributed by atoms with Gasteiger partial charge in [-0.05, 0) is 77.4 Å². The van der Waals surface area contributed by atoms with Crippen molar-refractivity contribution in [2.75, 3.05) is 13.7 Å². The number of nitrogens with one attached hydrogen (secondary N) is 2. The van der Waals surface area contributed by atoms with Crippen LogP contribution in [0.5, 0.6) is 17.2 Å². The molecule has 43 heavy (non-hydrogen) atoms. The number of aryl methyl sites for hydroxylation is 2. The van der Waals surface area contributed by atoms with E-state index in [1.54, 1.807) is 13.2 Å². The lowest BCUT2D eigenvalue weighted by molar-refractivity contribution is -0.130. The molecule has 2 N–H and O–H groups in total. The first-order valence-corrected chi connectivity index (χ1v) is 14.3. The van der Waals surface area contributed by atoms with Gasteiger partial charge in [0.15, 0.2) is 18.1 Å². The largest absolute Gasteiger partial charge is 0.493 e.